The molecule has 2 heterocycles. The van der Waals surface area contributed by atoms with Gasteiger partial charge in [0.1, 0.15) is 6.04 Å². The summed E-state index contributed by atoms with van der Waals surface area (Å²) in [6.45, 7) is 5.89. The predicted molar refractivity (Wildman–Crippen MR) is 93.0 cm³/mol. The van der Waals surface area contributed by atoms with Gasteiger partial charge in [-0.15, -0.1) is 0 Å². The number of ether oxygens (including phenoxy) is 3. The van der Waals surface area contributed by atoms with E-state index in [1.165, 1.54) is 24.9 Å². The minimum Gasteiger partial charge on any atom is -0.466 e. The molecular formula is C18H26N2O7. The molecule has 2 aliphatic heterocycles. The predicted octanol–water partition coefficient (Wildman–Crippen LogP) is 0.630. The molecule has 0 radical (unpaired) electrons. The lowest BCUT2D eigenvalue weighted by atomic mass is 10.1. The number of carbonyl (C=O) groups excluding carboxylic acids is 4. The van der Waals surface area contributed by atoms with Crippen molar-refractivity contribution < 1.29 is 33.4 Å². The Morgan fingerprint density at radius 3 is 2.56 bits per heavy atom. The van der Waals surface area contributed by atoms with E-state index in [9.17, 15) is 19.2 Å². The number of hydrogen-bond acceptors (Lipinski definition) is 8. The van der Waals surface area contributed by atoms with Gasteiger partial charge in [0.25, 0.3) is 5.79 Å². The summed E-state index contributed by atoms with van der Waals surface area (Å²) in [5, 5.41) is 2.67. The molecule has 0 aromatic rings. The zero-order valence-electron chi connectivity index (χ0n) is 15.9. The molecule has 2 aliphatic rings. The van der Waals surface area contributed by atoms with Crippen LogP contribution >= 0.6 is 0 Å². The average Bonchev–Trinajstić information content (AvgIpc) is 2.57. The third-order valence-corrected chi connectivity index (χ3v) is 4.15. The standard InChI is InChI=1S/C18H26N2O7/c1-4-5-6-9-25-14(21)10-13-15(22)19-7-8-20(13)11-12-16(23)26-18(2,3)27-17(12)24/h11,13H,4-10H2,1-3H3,(H,19,22). The Balaban J connectivity index is 2.07. The number of unbranched alkanes of at least 4 members (excludes halogenated alkanes) is 2. The topological polar surface area (TPSA) is 111 Å². The third kappa shape index (κ3) is 5.70. The van der Waals surface area contributed by atoms with Gasteiger partial charge in [-0.3, -0.25) is 9.59 Å². The molecule has 27 heavy (non-hydrogen) atoms. The molecule has 0 bridgehead atoms. The molecule has 2 rings (SSSR count). The molecule has 1 amide bonds. The van der Waals surface area contributed by atoms with E-state index < -0.39 is 29.7 Å². The minimum atomic E-state index is -1.34. The maximum Gasteiger partial charge on any atom is 0.350 e. The van der Waals surface area contributed by atoms with Gasteiger partial charge >= 0.3 is 17.9 Å². The fourth-order valence-electron chi connectivity index (χ4n) is 2.78. The maximum absolute atomic E-state index is 12.2. The normalized spacial score (nSPS) is 21.9. The second-order valence-electron chi connectivity index (χ2n) is 6.90. The summed E-state index contributed by atoms with van der Waals surface area (Å²) in [7, 11) is 0. The molecule has 9 nitrogen and oxygen atoms in total. The molecule has 0 aromatic heterocycles. The SMILES string of the molecule is CCCCCOC(=O)CC1C(=O)NCCN1C=C1C(=O)OC(C)(C)OC1=O. The first-order valence-electron chi connectivity index (χ1n) is 9.11. The van der Waals surface area contributed by atoms with Crippen molar-refractivity contribution in [3.8, 4) is 0 Å². The highest BCUT2D eigenvalue weighted by molar-refractivity contribution is 6.15. The van der Waals surface area contributed by atoms with Crippen LogP contribution in [0.25, 0.3) is 0 Å². The van der Waals surface area contributed by atoms with Gasteiger partial charge in [-0.05, 0) is 6.42 Å². The lowest BCUT2D eigenvalue weighted by Crippen LogP contribution is -2.54. The number of hydrogen-bond donors (Lipinski definition) is 1. The van der Waals surface area contributed by atoms with Crippen LogP contribution in [0.2, 0.25) is 0 Å². The molecule has 1 N–H and O–H groups in total. The van der Waals surface area contributed by atoms with E-state index in [1.54, 1.807) is 0 Å². The maximum atomic E-state index is 12.2. The quantitative estimate of drug-likeness (QED) is 0.295. The van der Waals surface area contributed by atoms with Crippen molar-refractivity contribution in [2.24, 2.45) is 0 Å². The lowest BCUT2D eigenvalue weighted by Gasteiger charge is -2.35. The number of amides is 1. The molecule has 9 heteroatoms. The van der Waals surface area contributed by atoms with Gasteiger partial charge in [-0.2, -0.15) is 0 Å². The van der Waals surface area contributed by atoms with Gasteiger partial charge in [-0.25, -0.2) is 9.59 Å². The number of carbonyl (C=O) groups is 4. The van der Waals surface area contributed by atoms with Crippen LogP contribution in [0, 0.1) is 0 Å². The molecular weight excluding hydrogens is 356 g/mol. The van der Waals surface area contributed by atoms with Crippen LogP contribution in [0.4, 0.5) is 0 Å². The van der Waals surface area contributed by atoms with Gasteiger partial charge in [0.05, 0.1) is 13.0 Å². The molecule has 2 fully saturated rings. The lowest BCUT2D eigenvalue weighted by molar-refractivity contribution is -0.222. The second-order valence-corrected chi connectivity index (χ2v) is 6.90. The van der Waals surface area contributed by atoms with Crippen LogP contribution in [0.1, 0.15) is 46.5 Å². The number of cyclic esters (lactones) is 2. The summed E-state index contributed by atoms with van der Waals surface area (Å²) < 4.78 is 15.3. The molecule has 0 saturated carbocycles. The summed E-state index contributed by atoms with van der Waals surface area (Å²) in [5.74, 6) is -3.88. The van der Waals surface area contributed by atoms with Gasteiger partial charge in [0, 0.05) is 33.1 Å². The number of nitrogens with one attached hydrogen (secondary N) is 1. The first kappa shape index (κ1) is 20.7. The fourth-order valence-corrected chi connectivity index (χ4v) is 2.78. The Morgan fingerprint density at radius 1 is 1.26 bits per heavy atom. The van der Waals surface area contributed by atoms with Gasteiger partial charge < -0.3 is 24.4 Å². The first-order valence-corrected chi connectivity index (χ1v) is 9.11. The number of esters is 3. The first-order chi connectivity index (χ1) is 12.7. The van der Waals surface area contributed by atoms with E-state index in [4.69, 9.17) is 14.2 Å². The van der Waals surface area contributed by atoms with Crippen molar-refractivity contribution in [1.82, 2.24) is 10.2 Å². The largest absolute Gasteiger partial charge is 0.466 e. The summed E-state index contributed by atoms with van der Waals surface area (Å²) in [6.07, 6.45) is 3.77. The summed E-state index contributed by atoms with van der Waals surface area (Å²) >= 11 is 0. The Hall–Kier alpha value is -2.58. The highest BCUT2D eigenvalue weighted by Gasteiger charge is 2.40. The Bertz CT molecular complexity index is 620. The number of piperazine rings is 1. The van der Waals surface area contributed by atoms with Crippen LogP contribution in [0.3, 0.4) is 0 Å². The minimum absolute atomic E-state index is 0.183. The highest BCUT2D eigenvalue weighted by atomic mass is 16.7. The van der Waals surface area contributed by atoms with Crippen LogP contribution in [0.5, 0.6) is 0 Å². The Morgan fingerprint density at radius 2 is 1.93 bits per heavy atom. The van der Waals surface area contributed by atoms with Crippen molar-refractivity contribution in [3.05, 3.63) is 11.8 Å². The highest BCUT2D eigenvalue weighted by Crippen LogP contribution is 2.24. The molecule has 1 atom stereocenters. The molecule has 1 unspecified atom stereocenters. The van der Waals surface area contributed by atoms with E-state index in [0.29, 0.717) is 19.7 Å². The van der Waals surface area contributed by atoms with Crippen LogP contribution in [-0.2, 0) is 33.4 Å². The molecule has 0 aliphatic carbocycles. The van der Waals surface area contributed by atoms with Gasteiger partial charge in [0.15, 0.2) is 5.57 Å². The van der Waals surface area contributed by atoms with E-state index >= 15 is 0 Å². The zero-order chi connectivity index (χ0) is 20.0. The molecule has 2 saturated heterocycles. The van der Waals surface area contributed by atoms with Gasteiger partial charge in [-0.1, -0.05) is 19.8 Å². The van der Waals surface area contributed by atoms with Crippen molar-refractivity contribution >= 4 is 23.8 Å². The second kappa shape index (κ2) is 8.88. The molecule has 0 aromatic carbocycles. The number of nitrogens with zero attached hydrogens (tertiary/aromatic N) is 1. The van der Waals surface area contributed by atoms with Gasteiger partial charge in [0.2, 0.25) is 5.91 Å². The van der Waals surface area contributed by atoms with E-state index in [0.717, 1.165) is 19.3 Å². The van der Waals surface area contributed by atoms with E-state index in [2.05, 4.69) is 5.32 Å². The Kier molecular flexibility index (Phi) is 6.81. The zero-order valence-corrected chi connectivity index (χ0v) is 15.9. The monoisotopic (exact) mass is 382 g/mol. The van der Waals surface area contributed by atoms with Crippen molar-refractivity contribution in [2.45, 2.75) is 58.3 Å². The molecule has 150 valence electrons. The third-order valence-electron chi connectivity index (χ3n) is 4.15. The van der Waals surface area contributed by atoms with E-state index in [-0.39, 0.29) is 17.9 Å². The summed E-state index contributed by atoms with van der Waals surface area (Å²) in [5.41, 5.74) is -0.315. The fraction of sp³-hybridized carbons (Fsp3) is 0.667. The summed E-state index contributed by atoms with van der Waals surface area (Å²) in [4.78, 5) is 49.9. The smallest absolute Gasteiger partial charge is 0.350 e. The van der Waals surface area contributed by atoms with Crippen LogP contribution in [-0.4, -0.2) is 60.2 Å². The van der Waals surface area contributed by atoms with Crippen molar-refractivity contribution in [1.29, 1.82) is 0 Å². The van der Waals surface area contributed by atoms with Crippen molar-refractivity contribution in [2.75, 3.05) is 19.7 Å². The van der Waals surface area contributed by atoms with E-state index in [1.807, 2.05) is 6.92 Å². The van der Waals surface area contributed by atoms with Crippen LogP contribution in [0.15, 0.2) is 11.8 Å². The van der Waals surface area contributed by atoms with Crippen molar-refractivity contribution in [3.63, 3.8) is 0 Å². The van der Waals surface area contributed by atoms with Crippen LogP contribution < -0.4 is 5.32 Å². The summed E-state index contributed by atoms with van der Waals surface area (Å²) in [6, 6.07) is -0.875. The molecule has 0 spiro atoms. The average molecular weight is 382 g/mol. The Labute approximate surface area is 158 Å². The number of rotatable bonds is 7.